The summed E-state index contributed by atoms with van der Waals surface area (Å²) < 4.78 is 29.7. The molecule has 2 aromatic heterocycles. The van der Waals surface area contributed by atoms with Gasteiger partial charge < -0.3 is 4.90 Å². The lowest BCUT2D eigenvalue weighted by molar-refractivity contribution is -0.135. The monoisotopic (exact) mass is 436 g/mol. The molecule has 0 N–H and O–H groups in total. The number of rotatable bonds is 7. The van der Waals surface area contributed by atoms with E-state index in [1.54, 1.807) is 53.6 Å². The molecular weight excluding hydrogens is 414 g/mol. The zero-order valence-corrected chi connectivity index (χ0v) is 17.5. The lowest BCUT2D eigenvalue weighted by atomic mass is 10.0. The minimum absolute atomic E-state index is 0.134. The van der Waals surface area contributed by atoms with Gasteiger partial charge in [-0.15, -0.1) is 5.10 Å². The fourth-order valence-corrected chi connectivity index (χ4v) is 3.82. The fraction of sp³-hybridized carbons (Fsp3) is 0.208. The van der Waals surface area contributed by atoms with Gasteiger partial charge in [0.1, 0.15) is 18.2 Å². The van der Waals surface area contributed by atoms with Crippen molar-refractivity contribution in [3.63, 3.8) is 0 Å². The maximum atomic E-state index is 13.8. The van der Waals surface area contributed by atoms with E-state index in [1.165, 1.54) is 28.7 Å². The van der Waals surface area contributed by atoms with Crippen molar-refractivity contribution in [2.24, 2.45) is 0 Å². The van der Waals surface area contributed by atoms with Crippen LogP contribution in [0.15, 0.2) is 77.7 Å². The third-order valence-corrected chi connectivity index (χ3v) is 5.35. The Morgan fingerprint density at radius 2 is 1.81 bits per heavy atom. The second-order valence-electron chi connectivity index (χ2n) is 7.50. The molecule has 0 aliphatic heterocycles. The maximum Gasteiger partial charge on any atom is 0.350 e. The normalized spacial score (nSPS) is 12.1. The van der Waals surface area contributed by atoms with Crippen LogP contribution in [0.5, 0.6) is 0 Å². The maximum absolute atomic E-state index is 13.8. The van der Waals surface area contributed by atoms with Crippen LogP contribution in [-0.4, -0.2) is 25.0 Å². The van der Waals surface area contributed by atoms with Crippen molar-refractivity contribution in [1.82, 2.24) is 19.1 Å². The highest BCUT2D eigenvalue weighted by molar-refractivity contribution is 5.76. The number of carbonyl (C=O) groups is 1. The topological polar surface area (TPSA) is 59.6 Å². The van der Waals surface area contributed by atoms with E-state index in [1.807, 2.05) is 6.92 Å². The molecule has 0 saturated carbocycles. The van der Waals surface area contributed by atoms with Crippen LogP contribution in [0.3, 0.4) is 0 Å². The molecule has 2 heterocycles. The Labute approximate surface area is 183 Å². The third-order valence-electron chi connectivity index (χ3n) is 5.35. The van der Waals surface area contributed by atoms with Gasteiger partial charge in [-0.3, -0.25) is 9.20 Å². The molecule has 1 amide bonds. The standard InChI is InChI=1S/C24H22F2N4O2/c1-2-21(18-9-11-19(25)12-10-18)29(15-17-6-5-7-20(26)14-17)23(31)16-30-24(32)28-13-4-3-8-22(28)27-30/h3-14,21H,2,15-16H2,1H3. The van der Waals surface area contributed by atoms with E-state index in [4.69, 9.17) is 0 Å². The number of hydrogen-bond donors (Lipinski definition) is 0. The van der Waals surface area contributed by atoms with Crippen LogP contribution in [-0.2, 0) is 17.9 Å². The summed E-state index contributed by atoms with van der Waals surface area (Å²) >= 11 is 0. The van der Waals surface area contributed by atoms with Gasteiger partial charge in [-0.2, -0.15) is 0 Å². The Morgan fingerprint density at radius 3 is 2.50 bits per heavy atom. The predicted octanol–water partition coefficient (Wildman–Crippen LogP) is 3.95. The molecule has 2 aromatic carbocycles. The molecule has 0 fully saturated rings. The number of carbonyl (C=O) groups excluding carboxylic acids is 1. The van der Waals surface area contributed by atoms with Crippen molar-refractivity contribution in [3.05, 3.63) is 106 Å². The second-order valence-corrected chi connectivity index (χ2v) is 7.50. The Morgan fingerprint density at radius 1 is 1.03 bits per heavy atom. The van der Waals surface area contributed by atoms with Crippen molar-refractivity contribution >= 4 is 11.6 Å². The van der Waals surface area contributed by atoms with E-state index in [2.05, 4.69) is 5.10 Å². The molecule has 4 aromatic rings. The molecule has 0 spiro atoms. The Bertz CT molecular complexity index is 1300. The number of benzene rings is 2. The summed E-state index contributed by atoms with van der Waals surface area (Å²) in [6.07, 6.45) is 2.14. The molecule has 164 valence electrons. The molecule has 1 atom stereocenters. The summed E-state index contributed by atoms with van der Waals surface area (Å²) in [4.78, 5) is 27.6. The summed E-state index contributed by atoms with van der Waals surface area (Å²) in [5.41, 5.74) is 1.38. The van der Waals surface area contributed by atoms with Crippen molar-refractivity contribution < 1.29 is 13.6 Å². The molecule has 8 heteroatoms. The van der Waals surface area contributed by atoms with Gasteiger partial charge in [-0.1, -0.05) is 37.3 Å². The molecule has 4 rings (SSSR count). The Hall–Kier alpha value is -3.81. The lowest BCUT2D eigenvalue weighted by Gasteiger charge is -2.32. The molecule has 32 heavy (non-hydrogen) atoms. The van der Waals surface area contributed by atoms with E-state index >= 15 is 0 Å². The molecule has 0 aliphatic rings. The molecule has 0 aliphatic carbocycles. The number of aromatic nitrogens is 3. The quantitative estimate of drug-likeness (QED) is 0.441. The highest BCUT2D eigenvalue weighted by atomic mass is 19.1. The molecule has 6 nitrogen and oxygen atoms in total. The van der Waals surface area contributed by atoms with Crippen molar-refractivity contribution in [2.45, 2.75) is 32.5 Å². The number of nitrogens with zero attached hydrogens (tertiary/aromatic N) is 4. The molecular formula is C24H22F2N4O2. The molecule has 1 unspecified atom stereocenters. The number of fused-ring (bicyclic) bond motifs is 1. The first-order chi connectivity index (χ1) is 15.5. The van der Waals surface area contributed by atoms with Crippen LogP contribution in [0.1, 0.15) is 30.5 Å². The van der Waals surface area contributed by atoms with E-state index in [0.29, 0.717) is 17.6 Å². The van der Waals surface area contributed by atoms with Gasteiger partial charge in [-0.25, -0.2) is 18.3 Å². The van der Waals surface area contributed by atoms with E-state index in [0.717, 1.165) is 10.2 Å². The van der Waals surface area contributed by atoms with Gasteiger partial charge in [0.05, 0.1) is 6.04 Å². The fourth-order valence-electron chi connectivity index (χ4n) is 3.82. The number of amides is 1. The van der Waals surface area contributed by atoms with Gasteiger partial charge in [0.25, 0.3) is 0 Å². The zero-order valence-electron chi connectivity index (χ0n) is 17.5. The van der Waals surface area contributed by atoms with E-state index in [-0.39, 0.29) is 30.9 Å². The van der Waals surface area contributed by atoms with Gasteiger partial charge in [-0.05, 0) is 53.9 Å². The van der Waals surface area contributed by atoms with Crippen LogP contribution in [0.4, 0.5) is 8.78 Å². The minimum Gasteiger partial charge on any atom is -0.330 e. The summed E-state index contributed by atoms with van der Waals surface area (Å²) in [5, 5.41) is 4.24. The lowest BCUT2D eigenvalue weighted by Crippen LogP contribution is -2.39. The predicted molar refractivity (Wildman–Crippen MR) is 116 cm³/mol. The highest BCUT2D eigenvalue weighted by Crippen LogP contribution is 2.27. The molecule has 0 saturated heterocycles. The Kier molecular flexibility index (Phi) is 6.11. The first-order valence-corrected chi connectivity index (χ1v) is 10.3. The van der Waals surface area contributed by atoms with E-state index in [9.17, 15) is 18.4 Å². The van der Waals surface area contributed by atoms with Crippen LogP contribution in [0.2, 0.25) is 0 Å². The average molecular weight is 436 g/mol. The van der Waals surface area contributed by atoms with Crippen molar-refractivity contribution in [1.29, 1.82) is 0 Å². The van der Waals surface area contributed by atoms with Crippen LogP contribution < -0.4 is 5.69 Å². The van der Waals surface area contributed by atoms with Gasteiger partial charge in [0.15, 0.2) is 5.65 Å². The van der Waals surface area contributed by atoms with E-state index < -0.39 is 11.5 Å². The Balaban J connectivity index is 1.69. The summed E-state index contributed by atoms with van der Waals surface area (Å²) in [5.74, 6) is -1.12. The van der Waals surface area contributed by atoms with Gasteiger partial charge in [0, 0.05) is 12.7 Å². The van der Waals surface area contributed by atoms with Crippen molar-refractivity contribution in [2.75, 3.05) is 0 Å². The van der Waals surface area contributed by atoms with Crippen molar-refractivity contribution in [3.8, 4) is 0 Å². The summed E-state index contributed by atoms with van der Waals surface area (Å²) in [7, 11) is 0. The first kappa shape index (κ1) is 21.4. The number of hydrogen-bond acceptors (Lipinski definition) is 3. The highest BCUT2D eigenvalue weighted by Gasteiger charge is 2.26. The first-order valence-electron chi connectivity index (χ1n) is 10.3. The van der Waals surface area contributed by atoms with Crippen LogP contribution in [0.25, 0.3) is 5.65 Å². The average Bonchev–Trinajstić information content (AvgIpc) is 3.10. The zero-order chi connectivity index (χ0) is 22.7. The second kappa shape index (κ2) is 9.13. The van der Waals surface area contributed by atoms with Gasteiger partial charge >= 0.3 is 5.69 Å². The smallest absolute Gasteiger partial charge is 0.330 e. The van der Waals surface area contributed by atoms with Gasteiger partial charge in [0.2, 0.25) is 5.91 Å². The van der Waals surface area contributed by atoms with Crippen LogP contribution >= 0.6 is 0 Å². The largest absolute Gasteiger partial charge is 0.350 e. The summed E-state index contributed by atoms with van der Waals surface area (Å²) in [6.45, 7) is 1.78. The SMILES string of the molecule is CCC(c1ccc(F)cc1)N(Cc1cccc(F)c1)C(=O)Cn1nc2ccccn2c1=O. The third kappa shape index (κ3) is 4.44. The molecule has 0 bridgehead atoms. The number of pyridine rings is 1. The summed E-state index contributed by atoms with van der Waals surface area (Å²) in [6, 6.07) is 16.7. The van der Waals surface area contributed by atoms with Crippen LogP contribution in [0, 0.1) is 11.6 Å². The minimum atomic E-state index is -0.422. The molecule has 0 radical (unpaired) electrons. The number of halogens is 2.